The molecule has 1 nitrogen and oxygen atoms in total. The maximum atomic E-state index is 3.07. The Morgan fingerprint density at radius 2 is 1.69 bits per heavy atom. The van der Waals surface area contributed by atoms with Crippen LogP contribution < -0.4 is 0 Å². The first-order valence-electron chi connectivity index (χ1n) is 5.71. The Balaban J connectivity index is 0. The molecule has 2 heteroatoms. The summed E-state index contributed by atoms with van der Waals surface area (Å²) in [5, 5.41) is 1.33. The molecule has 0 atom stereocenters. The van der Waals surface area contributed by atoms with Crippen LogP contribution in [0, 0.1) is 13.0 Å². The molecule has 0 radical (unpaired) electrons. The predicted molar refractivity (Wildman–Crippen MR) is 69.2 cm³/mol. The minimum atomic E-state index is 0. The largest absolute Gasteiger partial charge is 0.403 e. The van der Waals surface area contributed by atoms with Gasteiger partial charge in [-0.2, -0.15) is 24.3 Å². The zero-order valence-electron chi connectivity index (χ0n) is 11.2. The van der Waals surface area contributed by atoms with E-state index in [9.17, 15) is 0 Å². The first-order valence-corrected chi connectivity index (χ1v) is 5.71. The van der Waals surface area contributed by atoms with Crippen LogP contribution in [0.3, 0.4) is 0 Å². The second-order valence-corrected chi connectivity index (χ2v) is 2.87. The quantitative estimate of drug-likeness (QED) is 0.592. The van der Waals surface area contributed by atoms with Crippen molar-refractivity contribution < 1.29 is 21.1 Å². The van der Waals surface area contributed by atoms with Crippen LogP contribution in [-0.2, 0) is 28.1 Å². The number of hydrogen-bond acceptors (Lipinski definition) is 0. The van der Waals surface area contributed by atoms with E-state index < -0.39 is 0 Å². The van der Waals surface area contributed by atoms with E-state index in [4.69, 9.17) is 0 Å². The van der Waals surface area contributed by atoms with Crippen LogP contribution in [0.4, 0.5) is 0 Å². The first-order chi connectivity index (χ1) is 7.29. The van der Waals surface area contributed by atoms with Crippen molar-refractivity contribution in [3.63, 3.8) is 0 Å². The molecule has 1 heterocycles. The number of benzene rings is 1. The second-order valence-electron chi connectivity index (χ2n) is 2.87. The van der Waals surface area contributed by atoms with Crippen LogP contribution in [-0.4, -0.2) is 4.57 Å². The van der Waals surface area contributed by atoms with Crippen molar-refractivity contribution in [2.75, 3.05) is 0 Å². The Kier molecular flexibility index (Phi) is 10.8. The molecule has 16 heavy (non-hydrogen) atoms. The fraction of sp³-hybridized carbons (Fsp3) is 0.429. The van der Waals surface area contributed by atoms with Crippen molar-refractivity contribution in [2.45, 2.75) is 34.6 Å². The third kappa shape index (κ3) is 4.14. The van der Waals surface area contributed by atoms with E-state index in [1.54, 1.807) is 0 Å². The zero-order valence-corrected chi connectivity index (χ0v) is 14.1. The monoisotopic (exact) mass is 388 g/mol. The van der Waals surface area contributed by atoms with Crippen molar-refractivity contribution in [1.82, 2.24) is 4.57 Å². The zero-order chi connectivity index (χ0) is 11.8. The maximum absolute atomic E-state index is 3.07. The van der Waals surface area contributed by atoms with Crippen LogP contribution in [0.1, 0.15) is 33.3 Å². The molecular formula is C14H22NW-. The smallest absolute Gasteiger partial charge is 0 e. The molecule has 0 aliphatic rings. The second kappa shape index (κ2) is 9.66. The van der Waals surface area contributed by atoms with Crippen molar-refractivity contribution >= 4 is 10.9 Å². The van der Waals surface area contributed by atoms with Crippen LogP contribution in [0.15, 0.2) is 24.4 Å². The van der Waals surface area contributed by atoms with E-state index in [0.29, 0.717) is 0 Å². The summed E-state index contributed by atoms with van der Waals surface area (Å²) in [5.41, 5.74) is 2.58. The molecule has 0 saturated heterocycles. The standard InChI is InChI=1S/C10H10N.2C2H6.W/c1-8-7-11(2)10-6-4-3-5-9(8)10;2*1-2;/h3,5-7H,1-2H3;2*1-2H3;/q-1;;;. The number of hydrogen-bond donors (Lipinski definition) is 0. The molecule has 1 aromatic heterocycles. The molecule has 0 bridgehead atoms. The first kappa shape index (κ1) is 17.8. The molecule has 0 amide bonds. The summed E-state index contributed by atoms with van der Waals surface area (Å²) in [4.78, 5) is 0. The maximum Gasteiger partial charge on any atom is 0 e. The summed E-state index contributed by atoms with van der Waals surface area (Å²) in [6.45, 7) is 10.1. The van der Waals surface area contributed by atoms with Gasteiger partial charge in [0.1, 0.15) is 0 Å². The summed E-state index contributed by atoms with van der Waals surface area (Å²) in [6.07, 6.45) is 2.14. The molecule has 0 aliphatic carbocycles. The number of rotatable bonds is 0. The fourth-order valence-electron chi connectivity index (χ4n) is 1.48. The molecule has 0 saturated carbocycles. The van der Waals surface area contributed by atoms with Crippen LogP contribution in [0.2, 0.25) is 0 Å². The molecule has 0 N–H and O–H groups in total. The molecule has 90 valence electrons. The van der Waals surface area contributed by atoms with Gasteiger partial charge in [0.05, 0.1) is 0 Å². The average molecular weight is 388 g/mol. The van der Waals surface area contributed by atoms with Gasteiger partial charge < -0.3 is 4.57 Å². The van der Waals surface area contributed by atoms with Gasteiger partial charge in [0.25, 0.3) is 0 Å². The Bertz CT molecular complexity index is 355. The van der Waals surface area contributed by atoms with Gasteiger partial charge in [0.2, 0.25) is 0 Å². The minimum Gasteiger partial charge on any atom is -0.403 e. The third-order valence-corrected chi connectivity index (χ3v) is 2.03. The number of fused-ring (bicyclic) bond motifs is 1. The van der Waals surface area contributed by atoms with Gasteiger partial charge in [-0.15, -0.1) is 5.39 Å². The van der Waals surface area contributed by atoms with Crippen LogP contribution in [0.5, 0.6) is 0 Å². The van der Waals surface area contributed by atoms with E-state index in [1.165, 1.54) is 16.5 Å². The molecule has 2 aromatic rings. The van der Waals surface area contributed by atoms with Crippen molar-refractivity contribution in [3.05, 3.63) is 36.0 Å². The van der Waals surface area contributed by atoms with Crippen molar-refractivity contribution in [2.24, 2.45) is 7.05 Å². The van der Waals surface area contributed by atoms with E-state index >= 15 is 0 Å². The van der Waals surface area contributed by atoms with Gasteiger partial charge in [-0.1, -0.05) is 38.8 Å². The van der Waals surface area contributed by atoms with Gasteiger partial charge in [-0.25, -0.2) is 0 Å². The minimum absolute atomic E-state index is 0. The number of aromatic nitrogens is 1. The Morgan fingerprint density at radius 1 is 1.12 bits per heavy atom. The predicted octanol–water partition coefficient (Wildman–Crippen LogP) is 4.34. The van der Waals surface area contributed by atoms with E-state index in [-0.39, 0.29) is 21.1 Å². The Labute approximate surface area is 114 Å². The summed E-state index contributed by atoms with van der Waals surface area (Å²) in [5.74, 6) is 0. The summed E-state index contributed by atoms with van der Waals surface area (Å²) < 4.78 is 2.13. The van der Waals surface area contributed by atoms with E-state index in [1.807, 2.05) is 39.8 Å². The normalized spacial score (nSPS) is 8.12. The Hall–Kier alpha value is -0.552. The van der Waals surface area contributed by atoms with Gasteiger partial charge in [-0.3, -0.25) is 0 Å². The molecule has 0 spiro atoms. The van der Waals surface area contributed by atoms with Gasteiger partial charge >= 0.3 is 0 Å². The summed E-state index contributed by atoms with van der Waals surface area (Å²) >= 11 is 0. The summed E-state index contributed by atoms with van der Waals surface area (Å²) in [7, 11) is 2.06. The Morgan fingerprint density at radius 3 is 2.19 bits per heavy atom. The number of nitrogens with zero attached hydrogens (tertiary/aromatic N) is 1. The van der Waals surface area contributed by atoms with E-state index in [2.05, 4.69) is 36.9 Å². The van der Waals surface area contributed by atoms with E-state index in [0.717, 1.165) is 0 Å². The van der Waals surface area contributed by atoms with Gasteiger partial charge in [-0.05, 0) is 20.2 Å². The molecule has 1 aromatic carbocycles. The van der Waals surface area contributed by atoms with Crippen LogP contribution in [0.25, 0.3) is 10.9 Å². The topological polar surface area (TPSA) is 4.93 Å². The molecule has 0 fully saturated rings. The third-order valence-electron chi connectivity index (χ3n) is 2.03. The van der Waals surface area contributed by atoms with Crippen LogP contribution >= 0.6 is 0 Å². The molecule has 0 unspecified atom stereocenters. The molecular weight excluding hydrogens is 366 g/mol. The SMILES string of the molecule is CC.CC.Cc1cn(C)c2c[c-]ccc12.[W]. The van der Waals surface area contributed by atoms with Crippen molar-refractivity contribution in [1.29, 1.82) is 0 Å². The average Bonchev–Trinajstić information content (AvgIpc) is 2.61. The van der Waals surface area contributed by atoms with Gasteiger partial charge in [0, 0.05) is 21.1 Å². The fourth-order valence-corrected chi connectivity index (χ4v) is 1.48. The molecule has 0 aliphatic heterocycles. The number of aryl methyl sites for hydroxylation is 2. The van der Waals surface area contributed by atoms with Crippen molar-refractivity contribution in [3.8, 4) is 0 Å². The molecule has 2 rings (SSSR count). The summed E-state index contributed by atoms with van der Waals surface area (Å²) in [6, 6.07) is 9.14. The van der Waals surface area contributed by atoms with Gasteiger partial charge in [0.15, 0.2) is 0 Å².